The summed E-state index contributed by atoms with van der Waals surface area (Å²) in [6.07, 6.45) is 8.18. The van der Waals surface area contributed by atoms with Gasteiger partial charge in [-0.25, -0.2) is 0 Å². The van der Waals surface area contributed by atoms with E-state index in [4.69, 9.17) is 9.47 Å². The molecule has 0 bridgehead atoms. The molecule has 0 atom stereocenters. The van der Waals surface area contributed by atoms with Crippen molar-refractivity contribution in [2.24, 2.45) is 0 Å². The van der Waals surface area contributed by atoms with Crippen LogP contribution in [-0.4, -0.2) is 42.6 Å². The van der Waals surface area contributed by atoms with Gasteiger partial charge in [0.15, 0.2) is 0 Å². The average Bonchev–Trinajstić information content (AvgIpc) is 2.69. The van der Waals surface area contributed by atoms with Crippen LogP contribution in [0.1, 0.15) is 69.7 Å². The topological polar surface area (TPSA) is 55.8 Å². The minimum atomic E-state index is -0.266. The number of hydrogen-bond acceptors (Lipinski definition) is 4. The Morgan fingerprint density at radius 1 is 1.11 bits per heavy atom. The first kappa shape index (κ1) is 22.0. The van der Waals surface area contributed by atoms with Gasteiger partial charge in [-0.1, -0.05) is 11.6 Å². The van der Waals surface area contributed by atoms with Gasteiger partial charge in [0, 0.05) is 18.7 Å². The number of ether oxygens (including phenoxy) is 2. The molecular weight excluding hydrogens is 354 g/mol. The van der Waals surface area contributed by atoms with Gasteiger partial charge >= 0.3 is 5.97 Å². The van der Waals surface area contributed by atoms with Crippen LogP contribution in [-0.2, 0) is 9.53 Å². The molecule has 28 heavy (non-hydrogen) atoms. The Labute approximate surface area is 168 Å². The molecule has 0 radical (unpaired) electrons. The summed E-state index contributed by atoms with van der Waals surface area (Å²) >= 11 is 0. The molecule has 0 spiro atoms. The molecule has 2 rings (SSSR count). The maximum Gasteiger partial charge on any atom is 0.307 e. The predicted octanol–water partition coefficient (Wildman–Crippen LogP) is 4.76. The first-order valence-electron chi connectivity index (χ1n) is 10.4. The molecule has 0 N–H and O–H groups in total. The third kappa shape index (κ3) is 7.37. The van der Waals surface area contributed by atoms with E-state index in [1.165, 1.54) is 18.4 Å². The van der Waals surface area contributed by atoms with Crippen LogP contribution in [0.4, 0.5) is 0 Å². The summed E-state index contributed by atoms with van der Waals surface area (Å²) in [6.45, 7) is 7.07. The number of carbonyl (C=O) groups is 2. The standard InChI is InChI=1S/C23H33NO4/c1-4-27-22(25)15-17-24(16-14-19-8-6-5-7-9-19)23(26)20-10-12-21(13-11-20)28-18(2)3/h8,10-13,18H,4-7,9,14-17H2,1-3H3. The van der Waals surface area contributed by atoms with Crippen molar-refractivity contribution in [2.75, 3.05) is 19.7 Å². The molecule has 0 aliphatic heterocycles. The Bertz CT molecular complexity index is 664. The minimum absolute atomic E-state index is 0.0585. The number of amides is 1. The molecule has 0 unspecified atom stereocenters. The number of rotatable bonds is 10. The highest BCUT2D eigenvalue weighted by Gasteiger charge is 2.18. The molecule has 5 heteroatoms. The van der Waals surface area contributed by atoms with Gasteiger partial charge in [0.2, 0.25) is 0 Å². The van der Waals surface area contributed by atoms with E-state index < -0.39 is 0 Å². The van der Waals surface area contributed by atoms with Crippen molar-refractivity contribution in [1.29, 1.82) is 0 Å². The normalized spacial score (nSPS) is 13.8. The van der Waals surface area contributed by atoms with Crippen molar-refractivity contribution < 1.29 is 19.1 Å². The Balaban J connectivity index is 2.03. The second-order valence-electron chi connectivity index (χ2n) is 7.40. The minimum Gasteiger partial charge on any atom is -0.491 e. The van der Waals surface area contributed by atoms with E-state index in [1.54, 1.807) is 24.0 Å². The average molecular weight is 388 g/mol. The molecule has 1 amide bonds. The number of allylic oxidation sites excluding steroid dienone is 1. The van der Waals surface area contributed by atoms with E-state index in [2.05, 4.69) is 6.08 Å². The number of nitrogens with zero attached hydrogens (tertiary/aromatic N) is 1. The van der Waals surface area contributed by atoms with Gasteiger partial charge < -0.3 is 14.4 Å². The van der Waals surface area contributed by atoms with Crippen molar-refractivity contribution >= 4 is 11.9 Å². The molecule has 0 saturated carbocycles. The van der Waals surface area contributed by atoms with Crippen molar-refractivity contribution in [1.82, 2.24) is 4.90 Å². The van der Waals surface area contributed by atoms with Crippen LogP contribution < -0.4 is 4.74 Å². The SMILES string of the molecule is CCOC(=O)CCN(CCC1=CCCCC1)C(=O)c1ccc(OC(C)C)cc1. The quantitative estimate of drug-likeness (QED) is 0.429. The Kier molecular flexibility index (Phi) is 9.05. The third-order valence-electron chi connectivity index (χ3n) is 4.74. The second-order valence-corrected chi connectivity index (χ2v) is 7.40. The van der Waals surface area contributed by atoms with Crippen LogP contribution in [0.15, 0.2) is 35.9 Å². The lowest BCUT2D eigenvalue weighted by atomic mass is 9.97. The monoisotopic (exact) mass is 387 g/mol. The lowest BCUT2D eigenvalue weighted by molar-refractivity contribution is -0.143. The predicted molar refractivity (Wildman–Crippen MR) is 111 cm³/mol. The lowest BCUT2D eigenvalue weighted by Gasteiger charge is -2.24. The van der Waals surface area contributed by atoms with Crippen molar-refractivity contribution in [3.8, 4) is 5.75 Å². The maximum atomic E-state index is 13.0. The van der Waals surface area contributed by atoms with Crippen molar-refractivity contribution in [3.63, 3.8) is 0 Å². The van der Waals surface area contributed by atoms with Crippen LogP contribution in [0.2, 0.25) is 0 Å². The molecule has 154 valence electrons. The van der Waals surface area contributed by atoms with Gasteiger partial charge in [-0.2, -0.15) is 0 Å². The summed E-state index contributed by atoms with van der Waals surface area (Å²) in [7, 11) is 0. The lowest BCUT2D eigenvalue weighted by Crippen LogP contribution is -2.34. The summed E-state index contributed by atoms with van der Waals surface area (Å²) in [5.74, 6) is 0.423. The molecule has 0 fully saturated rings. The first-order valence-corrected chi connectivity index (χ1v) is 10.4. The number of hydrogen-bond donors (Lipinski definition) is 0. The summed E-state index contributed by atoms with van der Waals surface area (Å²) in [5, 5.41) is 0. The second kappa shape index (κ2) is 11.5. The number of benzene rings is 1. The summed E-state index contributed by atoms with van der Waals surface area (Å²) in [4.78, 5) is 26.6. The maximum absolute atomic E-state index is 13.0. The van der Waals surface area contributed by atoms with Crippen molar-refractivity contribution in [3.05, 3.63) is 41.5 Å². The zero-order chi connectivity index (χ0) is 20.4. The Hall–Kier alpha value is -2.30. The van der Waals surface area contributed by atoms with Crippen LogP contribution in [0.5, 0.6) is 5.75 Å². The van der Waals surface area contributed by atoms with Crippen molar-refractivity contribution in [2.45, 2.75) is 65.4 Å². The highest BCUT2D eigenvalue weighted by molar-refractivity contribution is 5.94. The van der Waals surface area contributed by atoms with Crippen LogP contribution in [0.25, 0.3) is 0 Å². The van der Waals surface area contributed by atoms with Crippen LogP contribution in [0.3, 0.4) is 0 Å². The molecule has 1 aromatic rings. The van der Waals surface area contributed by atoms with Gasteiger partial charge in [-0.3, -0.25) is 9.59 Å². The molecule has 0 saturated heterocycles. The fourth-order valence-electron chi connectivity index (χ4n) is 3.32. The summed E-state index contributed by atoms with van der Waals surface area (Å²) in [6, 6.07) is 7.22. The summed E-state index contributed by atoms with van der Waals surface area (Å²) in [5.41, 5.74) is 2.03. The van der Waals surface area contributed by atoms with E-state index in [9.17, 15) is 9.59 Å². The van der Waals surface area contributed by atoms with Gasteiger partial charge in [-0.15, -0.1) is 0 Å². The molecular formula is C23H33NO4. The molecule has 1 aliphatic rings. The molecule has 1 aromatic carbocycles. The smallest absolute Gasteiger partial charge is 0.307 e. The van der Waals surface area contributed by atoms with E-state index in [0.29, 0.717) is 25.3 Å². The highest BCUT2D eigenvalue weighted by Crippen LogP contribution is 2.21. The number of esters is 1. The third-order valence-corrected chi connectivity index (χ3v) is 4.74. The number of carbonyl (C=O) groups excluding carboxylic acids is 2. The van der Waals surface area contributed by atoms with Gasteiger partial charge in [0.05, 0.1) is 19.1 Å². The first-order chi connectivity index (χ1) is 13.5. The molecule has 5 nitrogen and oxygen atoms in total. The largest absolute Gasteiger partial charge is 0.491 e. The Morgan fingerprint density at radius 2 is 1.86 bits per heavy atom. The van der Waals surface area contributed by atoms with E-state index in [-0.39, 0.29) is 24.4 Å². The summed E-state index contributed by atoms with van der Waals surface area (Å²) < 4.78 is 10.7. The van der Waals surface area contributed by atoms with Gasteiger partial charge in [0.1, 0.15) is 5.75 Å². The Morgan fingerprint density at radius 3 is 2.46 bits per heavy atom. The van der Waals surface area contributed by atoms with Gasteiger partial charge in [-0.05, 0) is 77.1 Å². The van der Waals surface area contributed by atoms with E-state index >= 15 is 0 Å². The molecule has 0 heterocycles. The van der Waals surface area contributed by atoms with Crippen LogP contribution in [0, 0.1) is 0 Å². The van der Waals surface area contributed by atoms with E-state index in [1.807, 2.05) is 26.0 Å². The fourth-order valence-corrected chi connectivity index (χ4v) is 3.32. The van der Waals surface area contributed by atoms with E-state index in [0.717, 1.165) is 25.0 Å². The zero-order valence-corrected chi connectivity index (χ0v) is 17.4. The molecule has 1 aliphatic carbocycles. The van der Waals surface area contributed by atoms with Crippen LogP contribution >= 0.6 is 0 Å². The van der Waals surface area contributed by atoms with Gasteiger partial charge in [0.25, 0.3) is 5.91 Å². The highest BCUT2D eigenvalue weighted by atomic mass is 16.5. The zero-order valence-electron chi connectivity index (χ0n) is 17.4. The molecule has 0 aromatic heterocycles. The fraction of sp³-hybridized carbons (Fsp3) is 0.565.